The maximum absolute atomic E-state index is 12.5. The Morgan fingerprint density at radius 1 is 1.08 bits per heavy atom. The Hall–Kier alpha value is -2.01. The molecule has 0 saturated carbocycles. The second kappa shape index (κ2) is 8.39. The van der Waals surface area contributed by atoms with Crippen LogP contribution in [0.25, 0.3) is 0 Å². The number of benzene rings is 2. The number of carbonyl (C=O) groups excluding carboxylic acids is 1. The summed E-state index contributed by atoms with van der Waals surface area (Å²) in [5.74, 6) is 1.12. The van der Waals surface area contributed by atoms with Gasteiger partial charge >= 0.3 is 0 Å². The summed E-state index contributed by atoms with van der Waals surface area (Å²) in [6.07, 6.45) is 1.34. The maximum Gasteiger partial charge on any atom is 0.223 e. The monoisotopic (exact) mass is 402 g/mol. The first-order valence-electron chi connectivity index (χ1n) is 8.57. The number of nitrogens with zero attached hydrogens (tertiary/aromatic N) is 2. The lowest BCUT2D eigenvalue weighted by Crippen LogP contribution is -2.48. The molecule has 3 rings (SSSR count). The molecule has 0 N–H and O–H groups in total. The van der Waals surface area contributed by atoms with Crippen LogP contribution in [0.4, 0.5) is 5.69 Å². The zero-order chi connectivity index (χ0) is 17.6. The highest BCUT2D eigenvalue weighted by molar-refractivity contribution is 9.10. The van der Waals surface area contributed by atoms with Gasteiger partial charge in [0, 0.05) is 37.1 Å². The Morgan fingerprint density at radius 2 is 1.84 bits per heavy atom. The molecule has 0 radical (unpaired) electrons. The van der Waals surface area contributed by atoms with E-state index >= 15 is 0 Å². The molecule has 5 heteroatoms. The topological polar surface area (TPSA) is 32.8 Å². The molecule has 0 spiro atoms. The molecule has 25 heavy (non-hydrogen) atoms. The van der Waals surface area contributed by atoms with E-state index in [2.05, 4.69) is 39.0 Å². The summed E-state index contributed by atoms with van der Waals surface area (Å²) in [5.41, 5.74) is 2.29. The highest BCUT2D eigenvalue weighted by Crippen LogP contribution is 2.28. The molecule has 1 aliphatic rings. The molecule has 0 bridgehead atoms. The molecule has 1 saturated heterocycles. The Morgan fingerprint density at radius 3 is 2.56 bits per heavy atom. The van der Waals surface area contributed by atoms with Gasteiger partial charge in [0.25, 0.3) is 0 Å². The van der Waals surface area contributed by atoms with Crippen LogP contribution in [-0.2, 0) is 11.2 Å². The van der Waals surface area contributed by atoms with Gasteiger partial charge in [-0.2, -0.15) is 0 Å². The van der Waals surface area contributed by atoms with Crippen LogP contribution in [0.5, 0.6) is 5.75 Å². The molecule has 1 amide bonds. The van der Waals surface area contributed by atoms with Crippen LogP contribution in [0.3, 0.4) is 0 Å². The van der Waals surface area contributed by atoms with Crippen molar-refractivity contribution in [3.8, 4) is 5.75 Å². The van der Waals surface area contributed by atoms with E-state index in [4.69, 9.17) is 4.74 Å². The van der Waals surface area contributed by atoms with Crippen LogP contribution in [0.15, 0.2) is 53.0 Å². The van der Waals surface area contributed by atoms with Crippen molar-refractivity contribution >= 4 is 27.5 Å². The number of halogens is 1. The fourth-order valence-corrected chi connectivity index (χ4v) is 3.64. The minimum atomic E-state index is 0.236. The van der Waals surface area contributed by atoms with Crippen LogP contribution in [0.1, 0.15) is 12.0 Å². The molecule has 0 atom stereocenters. The van der Waals surface area contributed by atoms with Gasteiger partial charge in [0.05, 0.1) is 12.8 Å². The van der Waals surface area contributed by atoms with E-state index < -0.39 is 0 Å². The Balaban J connectivity index is 1.52. The molecule has 4 nitrogen and oxygen atoms in total. The lowest BCUT2D eigenvalue weighted by molar-refractivity contribution is -0.131. The van der Waals surface area contributed by atoms with Crippen molar-refractivity contribution in [2.45, 2.75) is 12.8 Å². The third kappa shape index (κ3) is 4.54. The van der Waals surface area contributed by atoms with E-state index in [9.17, 15) is 4.79 Å². The summed E-state index contributed by atoms with van der Waals surface area (Å²) in [4.78, 5) is 16.8. The average molecular weight is 403 g/mol. The molecule has 1 fully saturated rings. The van der Waals surface area contributed by atoms with E-state index in [0.29, 0.717) is 6.42 Å². The minimum Gasteiger partial charge on any atom is -0.495 e. The van der Waals surface area contributed by atoms with E-state index in [0.717, 1.165) is 48.5 Å². The van der Waals surface area contributed by atoms with E-state index in [1.54, 1.807) is 7.11 Å². The van der Waals surface area contributed by atoms with Gasteiger partial charge in [-0.25, -0.2) is 0 Å². The van der Waals surface area contributed by atoms with Gasteiger partial charge in [-0.1, -0.05) is 40.2 Å². The zero-order valence-corrected chi connectivity index (χ0v) is 16.0. The molecule has 1 aliphatic heterocycles. The number of hydrogen-bond donors (Lipinski definition) is 0. The average Bonchev–Trinajstić information content (AvgIpc) is 2.66. The van der Waals surface area contributed by atoms with Crippen molar-refractivity contribution in [1.29, 1.82) is 0 Å². The fraction of sp³-hybridized carbons (Fsp3) is 0.350. The summed E-state index contributed by atoms with van der Waals surface area (Å²) < 4.78 is 6.50. The molecule has 0 aromatic heterocycles. The highest BCUT2D eigenvalue weighted by atomic mass is 79.9. The second-order valence-corrected chi connectivity index (χ2v) is 7.09. The first-order chi connectivity index (χ1) is 12.2. The summed E-state index contributed by atoms with van der Waals surface area (Å²) in [6.45, 7) is 3.19. The van der Waals surface area contributed by atoms with Crippen LogP contribution in [-0.4, -0.2) is 44.1 Å². The first-order valence-corrected chi connectivity index (χ1v) is 9.37. The molecule has 132 valence electrons. The van der Waals surface area contributed by atoms with E-state index in [-0.39, 0.29) is 5.91 Å². The summed E-state index contributed by atoms with van der Waals surface area (Å²) in [6, 6.07) is 16.2. The summed E-state index contributed by atoms with van der Waals surface area (Å²) >= 11 is 3.48. The third-order valence-corrected chi connectivity index (χ3v) is 5.07. The van der Waals surface area contributed by atoms with Crippen molar-refractivity contribution in [2.24, 2.45) is 0 Å². The number of aryl methyl sites for hydroxylation is 1. The molecular formula is C20H23BrN2O2. The number of methoxy groups -OCH3 is 1. The number of hydrogen-bond acceptors (Lipinski definition) is 3. The number of anilines is 1. The molecule has 2 aromatic rings. The standard InChI is InChI=1S/C20H23BrN2O2/c1-25-19-8-3-2-7-18(19)22-11-13-23(14-12-22)20(24)10-9-16-5-4-6-17(21)15-16/h2-8,15H,9-14H2,1H3. The number of rotatable bonds is 5. The van der Waals surface area contributed by atoms with Crippen molar-refractivity contribution in [2.75, 3.05) is 38.2 Å². The highest BCUT2D eigenvalue weighted by Gasteiger charge is 2.22. The maximum atomic E-state index is 12.5. The zero-order valence-electron chi connectivity index (χ0n) is 14.5. The van der Waals surface area contributed by atoms with Crippen LogP contribution >= 0.6 is 15.9 Å². The van der Waals surface area contributed by atoms with Crippen molar-refractivity contribution in [1.82, 2.24) is 4.90 Å². The Bertz CT molecular complexity index is 727. The first kappa shape index (κ1) is 17.8. The van der Waals surface area contributed by atoms with Gasteiger partial charge in [-0.15, -0.1) is 0 Å². The van der Waals surface area contributed by atoms with Gasteiger partial charge in [0.1, 0.15) is 5.75 Å². The normalized spacial score (nSPS) is 14.5. The van der Waals surface area contributed by atoms with Crippen molar-refractivity contribution in [3.05, 3.63) is 58.6 Å². The van der Waals surface area contributed by atoms with Crippen molar-refractivity contribution in [3.63, 3.8) is 0 Å². The SMILES string of the molecule is COc1ccccc1N1CCN(C(=O)CCc2cccc(Br)c2)CC1. The lowest BCUT2D eigenvalue weighted by atomic mass is 10.1. The quantitative estimate of drug-likeness (QED) is 0.763. The van der Waals surface area contributed by atoms with Gasteiger partial charge in [0.15, 0.2) is 0 Å². The van der Waals surface area contributed by atoms with E-state index in [1.807, 2.05) is 35.2 Å². The van der Waals surface area contributed by atoms with Gasteiger partial charge < -0.3 is 14.5 Å². The number of ether oxygens (including phenoxy) is 1. The molecular weight excluding hydrogens is 380 g/mol. The van der Waals surface area contributed by atoms with Crippen LogP contribution in [0.2, 0.25) is 0 Å². The third-order valence-electron chi connectivity index (χ3n) is 4.57. The fourth-order valence-electron chi connectivity index (χ4n) is 3.19. The number of amides is 1. The smallest absolute Gasteiger partial charge is 0.223 e. The molecule has 1 heterocycles. The van der Waals surface area contributed by atoms with Crippen LogP contribution < -0.4 is 9.64 Å². The number of piperazine rings is 1. The van der Waals surface area contributed by atoms with E-state index in [1.165, 1.54) is 5.56 Å². The predicted octanol–water partition coefficient (Wildman–Crippen LogP) is 3.74. The molecule has 0 aliphatic carbocycles. The lowest BCUT2D eigenvalue weighted by Gasteiger charge is -2.36. The Kier molecular flexibility index (Phi) is 5.97. The second-order valence-electron chi connectivity index (χ2n) is 6.17. The summed E-state index contributed by atoms with van der Waals surface area (Å²) in [7, 11) is 1.69. The van der Waals surface area contributed by atoms with Crippen LogP contribution in [0, 0.1) is 0 Å². The molecule has 2 aromatic carbocycles. The number of para-hydroxylation sites is 2. The Labute approximate surface area is 157 Å². The largest absolute Gasteiger partial charge is 0.495 e. The minimum absolute atomic E-state index is 0.236. The molecule has 0 unspecified atom stereocenters. The van der Waals surface area contributed by atoms with Crippen molar-refractivity contribution < 1.29 is 9.53 Å². The number of carbonyl (C=O) groups is 1. The predicted molar refractivity (Wildman–Crippen MR) is 104 cm³/mol. The van der Waals surface area contributed by atoms with Gasteiger partial charge in [-0.3, -0.25) is 4.79 Å². The van der Waals surface area contributed by atoms with Gasteiger partial charge in [-0.05, 0) is 36.2 Å². The summed E-state index contributed by atoms with van der Waals surface area (Å²) in [5, 5.41) is 0. The van der Waals surface area contributed by atoms with Gasteiger partial charge in [0.2, 0.25) is 5.91 Å².